The van der Waals surface area contributed by atoms with Gasteiger partial charge in [-0.2, -0.15) is 0 Å². The highest BCUT2D eigenvalue weighted by Gasteiger charge is 2.12. The molecule has 0 aliphatic heterocycles. The number of nitrogens with one attached hydrogen (secondary N) is 2. The number of nitrogens with zero attached hydrogens (tertiary/aromatic N) is 2. The van der Waals surface area contributed by atoms with Gasteiger partial charge in [0.25, 0.3) is 11.8 Å². The zero-order valence-electron chi connectivity index (χ0n) is 13.4. The first kappa shape index (κ1) is 17.1. The van der Waals surface area contributed by atoms with Gasteiger partial charge in [0, 0.05) is 17.8 Å². The highest BCUT2D eigenvalue weighted by atomic mass is 32.1. The van der Waals surface area contributed by atoms with Crippen molar-refractivity contribution >= 4 is 28.8 Å². The van der Waals surface area contributed by atoms with Crippen molar-refractivity contribution in [1.29, 1.82) is 0 Å². The molecule has 0 fully saturated rings. The van der Waals surface area contributed by atoms with E-state index in [1.54, 1.807) is 31.2 Å². The van der Waals surface area contributed by atoms with E-state index in [9.17, 15) is 9.59 Å². The second-order valence-electron chi connectivity index (χ2n) is 5.60. The van der Waals surface area contributed by atoms with Crippen LogP contribution >= 0.6 is 11.3 Å². The van der Waals surface area contributed by atoms with Crippen LogP contribution in [0.1, 0.15) is 45.4 Å². The monoisotopic (exact) mass is 332 g/mol. The summed E-state index contributed by atoms with van der Waals surface area (Å²) in [4.78, 5) is 24.1. The van der Waals surface area contributed by atoms with E-state index in [-0.39, 0.29) is 11.8 Å². The molecule has 1 aromatic carbocycles. The number of hydrogen-bond donors (Lipinski definition) is 2. The van der Waals surface area contributed by atoms with Crippen LogP contribution in [0.3, 0.4) is 0 Å². The first-order valence-electron chi connectivity index (χ1n) is 7.45. The SMILES string of the molecule is Cc1nnc(C(=O)Nc2cccc(C(=O)NCCC(C)C)c2)s1. The summed E-state index contributed by atoms with van der Waals surface area (Å²) in [5.74, 6) is 0.0674. The van der Waals surface area contributed by atoms with Crippen molar-refractivity contribution in [2.75, 3.05) is 11.9 Å². The third kappa shape index (κ3) is 5.14. The first-order valence-corrected chi connectivity index (χ1v) is 8.27. The molecule has 0 aliphatic rings. The fraction of sp³-hybridized carbons (Fsp3) is 0.375. The van der Waals surface area contributed by atoms with E-state index < -0.39 is 0 Å². The summed E-state index contributed by atoms with van der Waals surface area (Å²) in [7, 11) is 0. The van der Waals surface area contributed by atoms with E-state index in [4.69, 9.17) is 0 Å². The highest BCUT2D eigenvalue weighted by Crippen LogP contribution is 2.14. The number of carbonyl (C=O) groups excluding carboxylic acids is 2. The molecule has 0 spiro atoms. The van der Waals surface area contributed by atoms with Gasteiger partial charge >= 0.3 is 0 Å². The zero-order valence-corrected chi connectivity index (χ0v) is 14.2. The van der Waals surface area contributed by atoms with Gasteiger partial charge in [-0.25, -0.2) is 0 Å². The van der Waals surface area contributed by atoms with Crippen molar-refractivity contribution in [3.8, 4) is 0 Å². The van der Waals surface area contributed by atoms with Crippen molar-refractivity contribution in [2.24, 2.45) is 5.92 Å². The van der Waals surface area contributed by atoms with E-state index in [2.05, 4.69) is 34.7 Å². The lowest BCUT2D eigenvalue weighted by atomic mass is 10.1. The fourth-order valence-corrected chi connectivity index (χ4v) is 2.47. The molecule has 0 unspecified atom stereocenters. The maximum Gasteiger partial charge on any atom is 0.286 e. The molecule has 122 valence electrons. The van der Waals surface area contributed by atoms with E-state index in [0.29, 0.717) is 28.7 Å². The Morgan fingerprint density at radius 3 is 2.65 bits per heavy atom. The quantitative estimate of drug-likeness (QED) is 0.852. The molecular formula is C16H20N4O2S. The van der Waals surface area contributed by atoms with Crippen molar-refractivity contribution in [3.05, 3.63) is 39.8 Å². The van der Waals surface area contributed by atoms with Gasteiger partial charge in [0.05, 0.1) is 0 Å². The summed E-state index contributed by atoms with van der Waals surface area (Å²) < 4.78 is 0. The molecule has 6 nitrogen and oxygen atoms in total. The van der Waals surface area contributed by atoms with E-state index in [0.717, 1.165) is 11.4 Å². The third-order valence-electron chi connectivity index (χ3n) is 3.11. The Labute approximate surface area is 139 Å². The average molecular weight is 332 g/mol. The lowest BCUT2D eigenvalue weighted by Gasteiger charge is -2.08. The van der Waals surface area contributed by atoms with Gasteiger partial charge in [-0.3, -0.25) is 9.59 Å². The smallest absolute Gasteiger partial charge is 0.286 e. The number of rotatable bonds is 6. The van der Waals surface area contributed by atoms with Crippen molar-refractivity contribution in [3.63, 3.8) is 0 Å². The Kier molecular flexibility index (Phi) is 5.81. The summed E-state index contributed by atoms with van der Waals surface area (Å²) in [5, 5.41) is 14.3. The molecule has 0 radical (unpaired) electrons. The Balaban J connectivity index is 1.99. The summed E-state index contributed by atoms with van der Waals surface area (Å²) in [6.45, 7) is 6.64. The van der Waals surface area contributed by atoms with Gasteiger partial charge in [0.15, 0.2) is 0 Å². The number of aryl methyl sites for hydroxylation is 1. The summed E-state index contributed by atoms with van der Waals surface area (Å²) >= 11 is 1.23. The normalized spacial score (nSPS) is 10.6. The molecule has 2 rings (SSSR count). The number of amides is 2. The van der Waals surface area contributed by atoms with Crippen molar-refractivity contribution in [1.82, 2.24) is 15.5 Å². The molecule has 0 bridgehead atoms. The van der Waals surface area contributed by atoms with Crippen LogP contribution < -0.4 is 10.6 Å². The van der Waals surface area contributed by atoms with Crippen LogP contribution in [0.25, 0.3) is 0 Å². The maximum absolute atomic E-state index is 12.1. The van der Waals surface area contributed by atoms with Gasteiger partial charge in [0.1, 0.15) is 5.01 Å². The van der Waals surface area contributed by atoms with Crippen LogP contribution in [0.15, 0.2) is 24.3 Å². The minimum Gasteiger partial charge on any atom is -0.352 e. The molecule has 1 aromatic heterocycles. The van der Waals surface area contributed by atoms with E-state index >= 15 is 0 Å². The Morgan fingerprint density at radius 1 is 1.22 bits per heavy atom. The molecule has 23 heavy (non-hydrogen) atoms. The van der Waals surface area contributed by atoms with Crippen molar-refractivity contribution in [2.45, 2.75) is 27.2 Å². The molecule has 0 atom stereocenters. The highest BCUT2D eigenvalue weighted by molar-refractivity contribution is 7.13. The molecular weight excluding hydrogens is 312 g/mol. The predicted octanol–water partition coefficient (Wildman–Crippen LogP) is 2.87. The van der Waals surface area contributed by atoms with Crippen LogP contribution in [0.2, 0.25) is 0 Å². The average Bonchev–Trinajstić information content (AvgIpc) is 2.94. The number of hydrogen-bond acceptors (Lipinski definition) is 5. The molecule has 0 saturated heterocycles. The molecule has 2 N–H and O–H groups in total. The molecule has 1 heterocycles. The predicted molar refractivity (Wildman–Crippen MR) is 90.8 cm³/mol. The standard InChI is InChI=1S/C16H20N4O2S/c1-10(2)7-8-17-14(21)12-5-4-6-13(9-12)18-15(22)16-20-19-11(3)23-16/h4-6,9-10H,7-8H2,1-3H3,(H,17,21)(H,18,22). The number of aromatic nitrogens is 2. The van der Waals surface area contributed by atoms with Crippen LogP contribution in [0.5, 0.6) is 0 Å². The Hall–Kier alpha value is -2.28. The van der Waals surface area contributed by atoms with E-state index in [1.165, 1.54) is 11.3 Å². The number of benzene rings is 1. The van der Waals surface area contributed by atoms with Crippen LogP contribution in [0.4, 0.5) is 5.69 Å². The molecule has 0 aliphatic carbocycles. The maximum atomic E-state index is 12.1. The number of anilines is 1. The minimum atomic E-state index is -0.326. The fourth-order valence-electron chi connectivity index (χ4n) is 1.89. The topological polar surface area (TPSA) is 84.0 Å². The zero-order chi connectivity index (χ0) is 16.8. The van der Waals surface area contributed by atoms with E-state index in [1.807, 2.05) is 0 Å². The van der Waals surface area contributed by atoms with Crippen molar-refractivity contribution < 1.29 is 9.59 Å². The first-order chi connectivity index (χ1) is 11.0. The Morgan fingerprint density at radius 2 is 2.00 bits per heavy atom. The molecule has 2 amide bonds. The second-order valence-corrected chi connectivity index (χ2v) is 6.78. The molecule has 0 saturated carbocycles. The van der Waals surface area contributed by atoms with Gasteiger partial charge < -0.3 is 10.6 Å². The van der Waals surface area contributed by atoms with Gasteiger partial charge in [-0.1, -0.05) is 31.3 Å². The summed E-state index contributed by atoms with van der Waals surface area (Å²) in [5.41, 5.74) is 1.07. The van der Waals surface area contributed by atoms with Gasteiger partial charge in [-0.05, 0) is 37.5 Å². The minimum absolute atomic E-state index is 0.145. The molecule has 2 aromatic rings. The van der Waals surface area contributed by atoms with Gasteiger partial charge in [-0.15, -0.1) is 10.2 Å². The summed E-state index contributed by atoms with van der Waals surface area (Å²) in [6, 6.07) is 6.83. The Bertz CT molecular complexity index is 697. The largest absolute Gasteiger partial charge is 0.352 e. The van der Waals surface area contributed by atoms with Gasteiger partial charge in [0.2, 0.25) is 5.01 Å². The second kappa shape index (κ2) is 7.82. The number of carbonyl (C=O) groups is 2. The summed E-state index contributed by atoms with van der Waals surface area (Å²) in [6.07, 6.45) is 0.929. The lowest BCUT2D eigenvalue weighted by molar-refractivity contribution is 0.0950. The molecule has 7 heteroatoms. The van der Waals surface area contributed by atoms with Crippen LogP contribution in [0, 0.1) is 12.8 Å². The lowest BCUT2D eigenvalue weighted by Crippen LogP contribution is -2.25. The third-order valence-corrected chi connectivity index (χ3v) is 3.95. The van der Waals surface area contributed by atoms with Crippen LogP contribution in [-0.4, -0.2) is 28.6 Å². The van der Waals surface area contributed by atoms with Crippen LogP contribution in [-0.2, 0) is 0 Å².